The van der Waals surface area contributed by atoms with E-state index in [2.05, 4.69) is 29.4 Å². The van der Waals surface area contributed by atoms with Crippen molar-refractivity contribution in [2.75, 3.05) is 5.73 Å². The number of aryl methyl sites for hydroxylation is 1. The maximum atomic E-state index is 13.3. The summed E-state index contributed by atoms with van der Waals surface area (Å²) < 4.78 is 15.0. The molecule has 2 rings (SSSR count). The Bertz CT molecular complexity index is 564. The van der Waals surface area contributed by atoms with Crippen molar-refractivity contribution in [1.29, 1.82) is 0 Å². The number of aromatic nitrogens is 4. The minimum absolute atomic E-state index is 0.344. The average Bonchev–Trinajstić information content (AvgIpc) is 2.85. The number of halogens is 1. The number of nitrogens with zero attached hydrogens (tertiary/aromatic N) is 4. The van der Waals surface area contributed by atoms with E-state index < -0.39 is 0 Å². The number of anilines is 1. The number of tetrazole rings is 1. The minimum atomic E-state index is -0.344. The molecule has 1 aromatic heterocycles. The van der Waals surface area contributed by atoms with Crippen LogP contribution in [-0.2, 0) is 6.54 Å². The average molecular weight is 277 g/mol. The number of unbranched alkanes of at least 4 members (excludes halogenated alkanes) is 1. The van der Waals surface area contributed by atoms with Crippen molar-refractivity contribution < 1.29 is 4.39 Å². The van der Waals surface area contributed by atoms with Gasteiger partial charge in [0.2, 0.25) is 0 Å². The minimum Gasteiger partial charge on any atom is -0.398 e. The topological polar surface area (TPSA) is 69.6 Å². The lowest BCUT2D eigenvalue weighted by Gasteiger charge is -2.08. The van der Waals surface area contributed by atoms with Crippen LogP contribution in [0.3, 0.4) is 0 Å². The molecule has 0 amide bonds. The third-order valence-electron chi connectivity index (χ3n) is 3.19. The first-order valence-electron chi connectivity index (χ1n) is 6.89. The van der Waals surface area contributed by atoms with E-state index in [9.17, 15) is 4.39 Å². The number of hydrogen-bond acceptors (Lipinski definition) is 4. The molecule has 2 aromatic rings. The molecule has 1 heterocycles. The van der Waals surface area contributed by atoms with Crippen molar-refractivity contribution in [3.63, 3.8) is 0 Å². The molecule has 2 N–H and O–H groups in total. The number of rotatable bonds is 6. The molecular weight excluding hydrogens is 257 g/mol. The molecule has 20 heavy (non-hydrogen) atoms. The van der Waals surface area contributed by atoms with Crippen molar-refractivity contribution >= 4 is 5.69 Å². The van der Waals surface area contributed by atoms with Gasteiger partial charge in [-0.1, -0.05) is 26.7 Å². The van der Waals surface area contributed by atoms with Crippen LogP contribution in [0.15, 0.2) is 18.2 Å². The number of nitrogens with two attached hydrogens (primary N) is 1. The van der Waals surface area contributed by atoms with E-state index >= 15 is 0 Å². The van der Waals surface area contributed by atoms with E-state index in [-0.39, 0.29) is 5.82 Å². The maximum Gasteiger partial charge on any atom is 0.184 e. The smallest absolute Gasteiger partial charge is 0.184 e. The Balaban J connectivity index is 2.10. The summed E-state index contributed by atoms with van der Waals surface area (Å²) >= 11 is 0. The standard InChI is InChI=1S/C14H20FN5/c1-10(2)5-3-4-8-20-14(17-18-19-20)12-9-11(15)6-7-13(12)16/h6-7,9-10H,3-5,8,16H2,1-2H3. The highest BCUT2D eigenvalue weighted by Crippen LogP contribution is 2.24. The van der Waals surface area contributed by atoms with E-state index in [0.717, 1.165) is 12.8 Å². The molecule has 108 valence electrons. The summed E-state index contributed by atoms with van der Waals surface area (Å²) in [6.07, 6.45) is 3.29. The third kappa shape index (κ3) is 3.53. The van der Waals surface area contributed by atoms with Gasteiger partial charge < -0.3 is 5.73 Å². The summed E-state index contributed by atoms with van der Waals surface area (Å²) in [5.74, 6) is 0.873. The number of hydrogen-bond donors (Lipinski definition) is 1. The molecule has 0 unspecified atom stereocenters. The first kappa shape index (κ1) is 14.4. The highest BCUT2D eigenvalue weighted by Gasteiger charge is 2.12. The van der Waals surface area contributed by atoms with Crippen LogP contribution in [0.4, 0.5) is 10.1 Å². The van der Waals surface area contributed by atoms with Gasteiger partial charge in [0.15, 0.2) is 5.82 Å². The van der Waals surface area contributed by atoms with Crippen LogP contribution in [0.1, 0.15) is 33.1 Å². The van der Waals surface area contributed by atoms with Gasteiger partial charge in [0.1, 0.15) is 5.82 Å². The van der Waals surface area contributed by atoms with Gasteiger partial charge in [-0.3, -0.25) is 0 Å². The molecule has 0 radical (unpaired) electrons. The highest BCUT2D eigenvalue weighted by atomic mass is 19.1. The Kier molecular flexibility index (Phi) is 4.65. The van der Waals surface area contributed by atoms with Crippen LogP contribution >= 0.6 is 0 Å². The number of benzene rings is 1. The van der Waals surface area contributed by atoms with Crippen LogP contribution in [-0.4, -0.2) is 20.2 Å². The molecule has 0 spiro atoms. The van der Waals surface area contributed by atoms with Gasteiger partial charge >= 0.3 is 0 Å². The van der Waals surface area contributed by atoms with Crippen LogP contribution < -0.4 is 5.73 Å². The summed E-state index contributed by atoms with van der Waals surface area (Å²) in [6.45, 7) is 5.12. The molecule has 5 nitrogen and oxygen atoms in total. The van der Waals surface area contributed by atoms with Crippen LogP contribution in [0.5, 0.6) is 0 Å². The first-order valence-corrected chi connectivity index (χ1v) is 6.89. The fourth-order valence-electron chi connectivity index (χ4n) is 2.08. The van der Waals surface area contributed by atoms with Gasteiger partial charge in [0.25, 0.3) is 0 Å². The van der Waals surface area contributed by atoms with Crippen LogP contribution in [0, 0.1) is 11.7 Å². The molecule has 0 saturated heterocycles. The van der Waals surface area contributed by atoms with Gasteiger partial charge in [0, 0.05) is 17.8 Å². The van der Waals surface area contributed by atoms with Crippen LogP contribution in [0.2, 0.25) is 0 Å². The predicted octanol–water partition coefficient (Wildman–Crippen LogP) is 2.89. The summed E-state index contributed by atoms with van der Waals surface area (Å²) in [7, 11) is 0. The SMILES string of the molecule is CC(C)CCCCn1nnnc1-c1cc(F)ccc1N. The first-order chi connectivity index (χ1) is 9.58. The molecule has 0 aliphatic carbocycles. The molecule has 0 fully saturated rings. The second kappa shape index (κ2) is 6.45. The molecule has 0 aliphatic rings. The molecule has 6 heteroatoms. The van der Waals surface area contributed by atoms with Gasteiger partial charge in [-0.05, 0) is 41.0 Å². The van der Waals surface area contributed by atoms with Crippen molar-refractivity contribution in [1.82, 2.24) is 20.2 Å². The molecule has 0 saturated carbocycles. The maximum absolute atomic E-state index is 13.3. The molecule has 0 atom stereocenters. The zero-order valence-electron chi connectivity index (χ0n) is 11.9. The normalized spacial score (nSPS) is 11.2. The largest absolute Gasteiger partial charge is 0.398 e. The summed E-state index contributed by atoms with van der Waals surface area (Å²) in [6, 6.07) is 4.23. The Labute approximate surface area is 118 Å². The fourth-order valence-corrected chi connectivity index (χ4v) is 2.08. The van der Waals surface area contributed by atoms with Gasteiger partial charge in [-0.15, -0.1) is 5.10 Å². The second-order valence-electron chi connectivity index (χ2n) is 5.35. The van der Waals surface area contributed by atoms with Gasteiger partial charge in [-0.2, -0.15) is 0 Å². The lowest BCUT2D eigenvalue weighted by molar-refractivity contribution is 0.487. The highest BCUT2D eigenvalue weighted by molar-refractivity contribution is 5.71. The van der Waals surface area contributed by atoms with Crippen molar-refractivity contribution in [2.24, 2.45) is 5.92 Å². The molecule has 1 aromatic carbocycles. The zero-order chi connectivity index (χ0) is 14.5. The van der Waals surface area contributed by atoms with E-state index in [4.69, 9.17) is 5.73 Å². The quantitative estimate of drug-likeness (QED) is 0.651. The predicted molar refractivity (Wildman–Crippen MR) is 76.3 cm³/mol. The van der Waals surface area contributed by atoms with Crippen molar-refractivity contribution in [2.45, 2.75) is 39.7 Å². The van der Waals surface area contributed by atoms with Crippen molar-refractivity contribution in [3.05, 3.63) is 24.0 Å². The van der Waals surface area contributed by atoms with Gasteiger partial charge in [0.05, 0.1) is 0 Å². The number of nitrogen functional groups attached to an aromatic ring is 1. The lowest BCUT2D eigenvalue weighted by Crippen LogP contribution is -2.05. The van der Waals surface area contributed by atoms with E-state index in [1.807, 2.05) is 0 Å². The molecule has 0 aliphatic heterocycles. The van der Waals surface area contributed by atoms with E-state index in [1.54, 1.807) is 4.68 Å². The summed E-state index contributed by atoms with van der Waals surface area (Å²) in [5.41, 5.74) is 6.89. The van der Waals surface area contributed by atoms with Crippen LogP contribution in [0.25, 0.3) is 11.4 Å². The van der Waals surface area contributed by atoms with E-state index in [0.29, 0.717) is 29.5 Å². The Morgan fingerprint density at radius 1 is 1.30 bits per heavy atom. The Hall–Kier alpha value is -1.98. The Morgan fingerprint density at radius 2 is 2.10 bits per heavy atom. The Morgan fingerprint density at radius 3 is 2.85 bits per heavy atom. The fraction of sp³-hybridized carbons (Fsp3) is 0.500. The zero-order valence-corrected chi connectivity index (χ0v) is 11.9. The molecular formula is C14H20FN5. The van der Waals surface area contributed by atoms with E-state index in [1.165, 1.54) is 24.6 Å². The lowest BCUT2D eigenvalue weighted by atomic mass is 10.1. The second-order valence-corrected chi connectivity index (χ2v) is 5.35. The molecule has 0 bridgehead atoms. The van der Waals surface area contributed by atoms with Crippen molar-refractivity contribution in [3.8, 4) is 11.4 Å². The van der Waals surface area contributed by atoms with Gasteiger partial charge in [-0.25, -0.2) is 9.07 Å². The summed E-state index contributed by atoms with van der Waals surface area (Å²) in [5, 5.41) is 11.6. The monoisotopic (exact) mass is 277 g/mol. The summed E-state index contributed by atoms with van der Waals surface area (Å²) in [4.78, 5) is 0. The third-order valence-corrected chi connectivity index (χ3v) is 3.19.